The summed E-state index contributed by atoms with van der Waals surface area (Å²) in [6, 6.07) is 17.2. The average Bonchev–Trinajstić information content (AvgIpc) is 2.39. The molecule has 0 aliphatic heterocycles. The second kappa shape index (κ2) is 6.39. The van der Waals surface area contributed by atoms with Gasteiger partial charge in [0.1, 0.15) is 0 Å². The van der Waals surface area contributed by atoms with Crippen LogP contribution in [-0.2, 0) is 4.79 Å². The SMILES string of the molecule is C[C@@H](CC(=O)Nc1cccc(Cl)c1)c1ccccc1. The highest BCUT2D eigenvalue weighted by molar-refractivity contribution is 6.30. The zero-order valence-electron chi connectivity index (χ0n) is 10.8. The lowest BCUT2D eigenvalue weighted by Gasteiger charge is -2.12. The summed E-state index contributed by atoms with van der Waals surface area (Å²) in [6.07, 6.45) is 0.455. The van der Waals surface area contributed by atoms with Crippen molar-refractivity contribution in [3.63, 3.8) is 0 Å². The predicted molar refractivity (Wildman–Crippen MR) is 79.6 cm³/mol. The second-order valence-electron chi connectivity index (χ2n) is 4.57. The molecule has 1 amide bonds. The van der Waals surface area contributed by atoms with E-state index in [4.69, 9.17) is 11.6 Å². The van der Waals surface area contributed by atoms with Gasteiger partial charge in [0.2, 0.25) is 5.91 Å². The Morgan fingerprint density at radius 2 is 1.89 bits per heavy atom. The maximum Gasteiger partial charge on any atom is 0.224 e. The van der Waals surface area contributed by atoms with Gasteiger partial charge in [-0.15, -0.1) is 0 Å². The van der Waals surface area contributed by atoms with Crippen LogP contribution in [0.5, 0.6) is 0 Å². The fraction of sp³-hybridized carbons (Fsp3) is 0.188. The van der Waals surface area contributed by atoms with Crippen LogP contribution in [-0.4, -0.2) is 5.91 Å². The van der Waals surface area contributed by atoms with E-state index in [1.54, 1.807) is 12.1 Å². The molecule has 0 unspecified atom stereocenters. The van der Waals surface area contributed by atoms with Crippen LogP contribution in [0.3, 0.4) is 0 Å². The molecule has 98 valence electrons. The van der Waals surface area contributed by atoms with Crippen molar-refractivity contribution < 1.29 is 4.79 Å². The highest BCUT2D eigenvalue weighted by atomic mass is 35.5. The zero-order valence-corrected chi connectivity index (χ0v) is 11.5. The van der Waals surface area contributed by atoms with E-state index < -0.39 is 0 Å². The molecule has 0 heterocycles. The molecule has 0 aliphatic rings. The van der Waals surface area contributed by atoms with E-state index in [9.17, 15) is 4.79 Å². The number of hydrogen-bond donors (Lipinski definition) is 1. The van der Waals surface area contributed by atoms with Gasteiger partial charge in [-0.1, -0.05) is 54.9 Å². The van der Waals surface area contributed by atoms with Crippen LogP contribution in [0.25, 0.3) is 0 Å². The molecule has 0 spiro atoms. The summed E-state index contributed by atoms with van der Waals surface area (Å²) < 4.78 is 0. The largest absolute Gasteiger partial charge is 0.326 e. The number of benzene rings is 2. The van der Waals surface area contributed by atoms with Gasteiger partial charge in [-0.05, 0) is 29.7 Å². The summed E-state index contributed by atoms with van der Waals surface area (Å²) in [7, 11) is 0. The molecule has 2 aromatic rings. The Kier molecular flexibility index (Phi) is 4.58. The van der Waals surface area contributed by atoms with Crippen molar-refractivity contribution in [1.29, 1.82) is 0 Å². The molecule has 3 heteroatoms. The Morgan fingerprint density at radius 1 is 1.16 bits per heavy atom. The number of amides is 1. The third kappa shape index (κ3) is 4.11. The first kappa shape index (κ1) is 13.6. The fourth-order valence-corrected chi connectivity index (χ4v) is 2.15. The van der Waals surface area contributed by atoms with Gasteiger partial charge in [-0.3, -0.25) is 4.79 Å². The van der Waals surface area contributed by atoms with E-state index in [-0.39, 0.29) is 11.8 Å². The van der Waals surface area contributed by atoms with Crippen molar-refractivity contribution >= 4 is 23.2 Å². The third-order valence-electron chi connectivity index (χ3n) is 2.97. The van der Waals surface area contributed by atoms with Crippen molar-refractivity contribution in [2.45, 2.75) is 19.3 Å². The number of carbonyl (C=O) groups is 1. The zero-order chi connectivity index (χ0) is 13.7. The van der Waals surface area contributed by atoms with Crippen molar-refractivity contribution in [2.24, 2.45) is 0 Å². The molecule has 0 saturated carbocycles. The van der Waals surface area contributed by atoms with Crippen LogP contribution in [0.15, 0.2) is 54.6 Å². The van der Waals surface area contributed by atoms with Crippen LogP contribution < -0.4 is 5.32 Å². The lowest BCUT2D eigenvalue weighted by atomic mass is 9.97. The van der Waals surface area contributed by atoms with Gasteiger partial charge in [0.15, 0.2) is 0 Å². The second-order valence-corrected chi connectivity index (χ2v) is 5.01. The lowest BCUT2D eigenvalue weighted by Crippen LogP contribution is -2.14. The molecule has 0 saturated heterocycles. The topological polar surface area (TPSA) is 29.1 Å². The molecule has 0 aromatic heterocycles. The van der Waals surface area contributed by atoms with Crippen molar-refractivity contribution in [3.8, 4) is 0 Å². The van der Waals surface area contributed by atoms with Gasteiger partial charge in [-0.25, -0.2) is 0 Å². The molecule has 1 N–H and O–H groups in total. The normalized spacial score (nSPS) is 11.9. The van der Waals surface area contributed by atoms with Crippen molar-refractivity contribution in [2.75, 3.05) is 5.32 Å². The Bertz CT molecular complexity index is 554. The molecule has 2 aromatic carbocycles. The molecule has 0 fully saturated rings. The highest BCUT2D eigenvalue weighted by Crippen LogP contribution is 2.20. The summed E-state index contributed by atoms with van der Waals surface area (Å²) in [5.74, 6) is 0.194. The number of carbonyl (C=O) groups excluding carboxylic acids is 1. The molecular weight excluding hydrogens is 258 g/mol. The van der Waals surface area contributed by atoms with E-state index in [2.05, 4.69) is 5.32 Å². The van der Waals surface area contributed by atoms with Gasteiger partial charge in [0, 0.05) is 17.1 Å². The predicted octanol–water partition coefficient (Wildman–Crippen LogP) is 4.47. The number of hydrogen-bond acceptors (Lipinski definition) is 1. The van der Waals surface area contributed by atoms with Gasteiger partial charge >= 0.3 is 0 Å². The third-order valence-corrected chi connectivity index (χ3v) is 3.20. The first-order valence-corrected chi connectivity index (χ1v) is 6.63. The highest BCUT2D eigenvalue weighted by Gasteiger charge is 2.11. The minimum absolute atomic E-state index is 0.00128. The molecule has 2 rings (SSSR count). The summed E-state index contributed by atoms with van der Waals surface area (Å²) in [6.45, 7) is 2.05. The molecular formula is C16H16ClNO. The Labute approximate surface area is 118 Å². The first-order chi connectivity index (χ1) is 9.15. The van der Waals surface area contributed by atoms with Crippen molar-refractivity contribution in [1.82, 2.24) is 0 Å². The van der Waals surface area contributed by atoms with E-state index in [0.717, 1.165) is 5.69 Å². The van der Waals surface area contributed by atoms with Crippen LogP contribution in [0.1, 0.15) is 24.8 Å². The van der Waals surface area contributed by atoms with E-state index in [1.807, 2.05) is 49.4 Å². The number of rotatable bonds is 4. The van der Waals surface area contributed by atoms with Gasteiger partial charge in [0.05, 0.1) is 0 Å². The van der Waals surface area contributed by atoms with Gasteiger partial charge in [-0.2, -0.15) is 0 Å². The number of halogens is 1. The number of anilines is 1. The average molecular weight is 274 g/mol. The smallest absolute Gasteiger partial charge is 0.224 e. The number of nitrogens with one attached hydrogen (secondary N) is 1. The standard InChI is InChI=1S/C16H16ClNO/c1-12(13-6-3-2-4-7-13)10-16(19)18-15-9-5-8-14(17)11-15/h2-9,11-12H,10H2,1H3,(H,18,19)/t12-/m0/s1. The van der Waals surface area contributed by atoms with E-state index >= 15 is 0 Å². The van der Waals surface area contributed by atoms with Crippen molar-refractivity contribution in [3.05, 3.63) is 65.2 Å². The monoisotopic (exact) mass is 273 g/mol. The Balaban J connectivity index is 1.95. The fourth-order valence-electron chi connectivity index (χ4n) is 1.96. The molecule has 0 bridgehead atoms. The molecule has 0 radical (unpaired) electrons. The molecule has 1 atom stereocenters. The van der Waals surface area contributed by atoms with Gasteiger partial charge in [0.25, 0.3) is 0 Å². The summed E-state index contributed by atoms with van der Waals surface area (Å²) in [5.41, 5.74) is 1.90. The summed E-state index contributed by atoms with van der Waals surface area (Å²) in [5, 5.41) is 3.48. The maximum atomic E-state index is 12.0. The van der Waals surface area contributed by atoms with Crippen LogP contribution >= 0.6 is 11.6 Å². The molecule has 2 nitrogen and oxygen atoms in total. The first-order valence-electron chi connectivity index (χ1n) is 6.25. The minimum Gasteiger partial charge on any atom is -0.326 e. The summed E-state index contributed by atoms with van der Waals surface area (Å²) >= 11 is 5.88. The molecule has 19 heavy (non-hydrogen) atoms. The van der Waals surface area contributed by atoms with Gasteiger partial charge < -0.3 is 5.32 Å². The van der Waals surface area contributed by atoms with E-state index in [0.29, 0.717) is 11.4 Å². The van der Waals surface area contributed by atoms with Crippen LogP contribution in [0, 0.1) is 0 Å². The van der Waals surface area contributed by atoms with Crippen LogP contribution in [0.4, 0.5) is 5.69 Å². The maximum absolute atomic E-state index is 12.0. The quantitative estimate of drug-likeness (QED) is 0.875. The minimum atomic E-state index is -0.00128. The lowest BCUT2D eigenvalue weighted by molar-refractivity contribution is -0.116. The summed E-state index contributed by atoms with van der Waals surface area (Å²) in [4.78, 5) is 12.0. The Morgan fingerprint density at radius 3 is 2.58 bits per heavy atom. The molecule has 0 aliphatic carbocycles. The van der Waals surface area contributed by atoms with Crippen LogP contribution in [0.2, 0.25) is 5.02 Å². The van der Waals surface area contributed by atoms with E-state index in [1.165, 1.54) is 5.56 Å². The Hall–Kier alpha value is -1.80.